The van der Waals surface area contributed by atoms with Crippen molar-refractivity contribution in [3.05, 3.63) is 80.1 Å². The molecule has 0 radical (unpaired) electrons. The highest BCUT2D eigenvalue weighted by molar-refractivity contribution is 5.81. The number of nitrogens with zero attached hydrogens (tertiary/aromatic N) is 3. The highest BCUT2D eigenvalue weighted by Gasteiger charge is 2.19. The van der Waals surface area contributed by atoms with Crippen LogP contribution in [-0.2, 0) is 11.3 Å². The fourth-order valence-corrected chi connectivity index (χ4v) is 4.32. The van der Waals surface area contributed by atoms with Crippen molar-refractivity contribution in [2.24, 2.45) is 0 Å². The van der Waals surface area contributed by atoms with E-state index in [0.29, 0.717) is 29.0 Å². The number of fused-ring (bicyclic) bond motifs is 1. The summed E-state index contributed by atoms with van der Waals surface area (Å²) in [5.74, 6) is -0.350. The summed E-state index contributed by atoms with van der Waals surface area (Å²) in [5, 5.41) is 3.21. The highest BCUT2D eigenvalue weighted by atomic mass is 16.2. The standard InChI is InChI=1S/C25H28N4O3/c1-17-15-18(2)27-23-22(17)24(31)28(25(32)29(23)20-11-7-4-8-12-20)16-21(30)26-14-13-19-9-5-3-6-10-19/h4,7-9,11-12,15H,3,5-6,10,13-14,16H2,1-2H3,(H,26,30). The number of amides is 1. The van der Waals surface area contributed by atoms with E-state index in [4.69, 9.17) is 0 Å². The van der Waals surface area contributed by atoms with Crippen LogP contribution in [-0.4, -0.2) is 26.6 Å². The molecular weight excluding hydrogens is 404 g/mol. The summed E-state index contributed by atoms with van der Waals surface area (Å²) in [6, 6.07) is 10.9. The third-order valence-electron chi connectivity index (χ3n) is 5.89. The van der Waals surface area contributed by atoms with Crippen LogP contribution >= 0.6 is 0 Å². The average molecular weight is 433 g/mol. The van der Waals surface area contributed by atoms with Gasteiger partial charge in [-0.25, -0.2) is 18.9 Å². The molecule has 2 heterocycles. The Balaban J connectivity index is 1.70. The second-order valence-corrected chi connectivity index (χ2v) is 8.33. The fraction of sp³-hybridized carbons (Fsp3) is 0.360. The first-order valence-corrected chi connectivity index (χ1v) is 11.1. The van der Waals surface area contributed by atoms with E-state index in [1.54, 1.807) is 12.1 Å². The third-order valence-corrected chi connectivity index (χ3v) is 5.89. The number of aromatic nitrogens is 3. The van der Waals surface area contributed by atoms with Crippen molar-refractivity contribution < 1.29 is 4.79 Å². The molecule has 4 rings (SSSR count). The van der Waals surface area contributed by atoms with Crippen LogP contribution in [0.15, 0.2) is 57.6 Å². The zero-order valence-electron chi connectivity index (χ0n) is 18.6. The van der Waals surface area contributed by atoms with E-state index in [1.807, 2.05) is 38.1 Å². The van der Waals surface area contributed by atoms with Gasteiger partial charge >= 0.3 is 5.69 Å². The van der Waals surface area contributed by atoms with Crippen molar-refractivity contribution in [2.75, 3.05) is 6.54 Å². The first-order chi connectivity index (χ1) is 15.5. The van der Waals surface area contributed by atoms with Crippen LogP contribution in [0.1, 0.15) is 43.4 Å². The van der Waals surface area contributed by atoms with Crippen molar-refractivity contribution in [2.45, 2.75) is 52.5 Å². The van der Waals surface area contributed by atoms with Crippen LogP contribution in [0.25, 0.3) is 16.7 Å². The molecule has 0 spiro atoms. The molecule has 1 aliphatic rings. The second-order valence-electron chi connectivity index (χ2n) is 8.33. The molecule has 7 heteroatoms. The summed E-state index contributed by atoms with van der Waals surface area (Å²) < 4.78 is 2.42. The summed E-state index contributed by atoms with van der Waals surface area (Å²) in [6.45, 7) is 3.82. The van der Waals surface area contributed by atoms with E-state index >= 15 is 0 Å². The Hall–Kier alpha value is -3.48. The lowest BCUT2D eigenvalue weighted by Crippen LogP contribution is -2.44. The molecule has 166 valence electrons. The number of nitrogens with one attached hydrogen (secondary N) is 1. The molecule has 0 saturated heterocycles. The maximum atomic E-state index is 13.4. The van der Waals surface area contributed by atoms with Gasteiger partial charge in [-0.15, -0.1) is 0 Å². The molecule has 0 bridgehead atoms. The lowest BCUT2D eigenvalue weighted by atomic mass is 9.97. The number of hydrogen-bond donors (Lipinski definition) is 1. The first kappa shape index (κ1) is 21.7. The predicted octanol–water partition coefficient (Wildman–Crippen LogP) is 3.17. The second kappa shape index (κ2) is 9.34. The molecule has 7 nitrogen and oxygen atoms in total. The number of carbonyl (C=O) groups excluding carboxylic acids is 1. The summed E-state index contributed by atoms with van der Waals surface area (Å²) in [7, 11) is 0. The lowest BCUT2D eigenvalue weighted by molar-refractivity contribution is -0.121. The summed E-state index contributed by atoms with van der Waals surface area (Å²) >= 11 is 0. The van der Waals surface area contributed by atoms with Crippen molar-refractivity contribution in [3.63, 3.8) is 0 Å². The SMILES string of the molecule is Cc1cc(C)c2c(=O)n(CC(=O)NCCC3=CCCCC3)c(=O)n(-c3ccccc3)c2n1. The van der Waals surface area contributed by atoms with Gasteiger partial charge in [0.25, 0.3) is 5.56 Å². The number of allylic oxidation sites excluding steroid dienone is 1. The molecule has 0 aliphatic heterocycles. The summed E-state index contributed by atoms with van der Waals surface area (Å²) in [4.78, 5) is 43.7. The molecule has 3 aromatic rings. The minimum atomic E-state index is -0.573. The van der Waals surface area contributed by atoms with Gasteiger partial charge in [0.15, 0.2) is 5.65 Å². The van der Waals surface area contributed by atoms with E-state index in [9.17, 15) is 14.4 Å². The quantitative estimate of drug-likeness (QED) is 0.606. The number of para-hydroxylation sites is 1. The Morgan fingerprint density at radius 2 is 1.91 bits per heavy atom. The molecule has 1 aromatic carbocycles. The molecule has 1 N–H and O–H groups in total. The Morgan fingerprint density at radius 1 is 1.12 bits per heavy atom. The van der Waals surface area contributed by atoms with Crippen molar-refractivity contribution >= 4 is 16.9 Å². The maximum absolute atomic E-state index is 13.4. The first-order valence-electron chi connectivity index (χ1n) is 11.1. The van der Waals surface area contributed by atoms with Crippen LogP contribution < -0.4 is 16.6 Å². The molecule has 0 fully saturated rings. The van der Waals surface area contributed by atoms with Gasteiger partial charge in [0.05, 0.1) is 11.1 Å². The van der Waals surface area contributed by atoms with Crippen LogP contribution in [0.3, 0.4) is 0 Å². The zero-order chi connectivity index (χ0) is 22.7. The average Bonchev–Trinajstić information content (AvgIpc) is 2.77. The minimum Gasteiger partial charge on any atom is -0.354 e. The zero-order valence-corrected chi connectivity index (χ0v) is 18.6. The molecular formula is C25H28N4O3. The van der Waals surface area contributed by atoms with Crippen molar-refractivity contribution in [1.29, 1.82) is 0 Å². The lowest BCUT2D eigenvalue weighted by Gasteiger charge is -2.16. The molecule has 1 aliphatic carbocycles. The topological polar surface area (TPSA) is 86.0 Å². The Kier molecular flexibility index (Phi) is 6.35. The van der Waals surface area contributed by atoms with Gasteiger partial charge in [-0.2, -0.15) is 0 Å². The molecule has 2 aromatic heterocycles. The molecule has 32 heavy (non-hydrogen) atoms. The summed E-state index contributed by atoms with van der Waals surface area (Å²) in [5.41, 5.74) is 2.64. The number of aryl methyl sites for hydroxylation is 2. The van der Waals surface area contributed by atoms with Gasteiger partial charge in [0, 0.05) is 12.2 Å². The van der Waals surface area contributed by atoms with Gasteiger partial charge in [-0.05, 0) is 69.7 Å². The van der Waals surface area contributed by atoms with Gasteiger partial charge in [0.2, 0.25) is 5.91 Å². The van der Waals surface area contributed by atoms with E-state index in [1.165, 1.54) is 23.0 Å². The smallest absolute Gasteiger partial charge is 0.337 e. The largest absolute Gasteiger partial charge is 0.354 e. The van der Waals surface area contributed by atoms with Gasteiger partial charge in [-0.3, -0.25) is 9.59 Å². The number of carbonyl (C=O) groups is 1. The Morgan fingerprint density at radius 3 is 2.62 bits per heavy atom. The van der Waals surface area contributed by atoms with Crippen LogP contribution in [0, 0.1) is 13.8 Å². The van der Waals surface area contributed by atoms with Crippen LogP contribution in [0.4, 0.5) is 0 Å². The number of benzene rings is 1. The molecule has 1 amide bonds. The Labute approximate surface area is 186 Å². The molecule has 0 saturated carbocycles. The van der Waals surface area contributed by atoms with Gasteiger partial charge in [0.1, 0.15) is 6.54 Å². The normalized spacial score (nSPS) is 13.8. The van der Waals surface area contributed by atoms with Gasteiger partial charge in [-0.1, -0.05) is 29.8 Å². The van der Waals surface area contributed by atoms with Crippen molar-refractivity contribution in [3.8, 4) is 5.69 Å². The van der Waals surface area contributed by atoms with E-state index in [-0.39, 0.29) is 12.5 Å². The third kappa shape index (κ3) is 4.42. The Bertz CT molecular complexity index is 1300. The molecule has 0 unspecified atom stereocenters. The van der Waals surface area contributed by atoms with Crippen molar-refractivity contribution in [1.82, 2.24) is 19.4 Å². The monoisotopic (exact) mass is 432 g/mol. The van der Waals surface area contributed by atoms with Gasteiger partial charge < -0.3 is 5.32 Å². The van der Waals surface area contributed by atoms with E-state index < -0.39 is 11.2 Å². The minimum absolute atomic E-state index is 0.310. The van der Waals surface area contributed by atoms with E-state index in [0.717, 1.165) is 29.4 Å². The number of hydrogen-bond acceptors (Lipinski definition) is 4. The number of pyridine rings is 1. The van der Waals surface area contributed by atoms with Crippen LogP contribution in [0.5, 0.6) is 0 Å². The molecule has 0 atom stereocenters. The summed E-state index contributed by atoms with van der Waals surface area (Å²) in [6.07, 6.45) is 7.64. The maximum Gasteiger partial charge on any atom is 0.337 e. The predicted molar refractivity (Wildman–Crippen MR) is 125 cm³/mol. The fourth-order valence-electron chi connectivity index (χ4n) is 4.32. The number of rotatable bonds is 6. The van der Waals surface area contributed by atoms with E-state index in [2.05, 4.69) is 16.4 Å². The highest BCUT2D eigenvalue weighted by Crippen LogP contribution is 2.19. The van der Waals surface area contributed by atoms with Crippen LogP contribution in [0.2, 0.25) is 0 Å².